The first-order valence-corrected chi connectivity index (χ1v) is 5.33. The average Bonchev–Trinajstić information content (AvgIpc) is 2.32. The highest BCUT2D eigenvalue weighted by atomic mass is 16.5. The Balaban J connectivity index is 3.98. The predicted molar refractivity (Wildman–Crippen MR) is 61.3 cm³/mol. The lowest BCUT2D eigenvalue weighted by Crippen LogP contribution is -2.04. The minimum atomic E-state index is -0.404. The van der Waals surface area contributed by atoms with Gasteiger partial charge < -0.3 is 9.47 Å². The highest BCUT2D eigenvalue weighted by Gasteiger charge is 2.06. The van der Waals surface area contributed by atoms with Crippen LogP contribution in [0.15, 0.2) is 11.6 Å². The molecule has 5 nitrogen and oxygen atoms in total. The van der Waals surface area contributed by atoms with Gasteiger partial charge in [0.2, 0.25) is 0 Å². The van der Waals surface area contributed by atoms with E-state index >= 15 is 0 Å². The van der Waals surface area contributed by atoms with E-state index in [0.29, 0.717) is 6.42 Å². The smallest absolute Gasteiger partial charge is 0.305 e. The molecule has 0 unspecified atom stereocenters. The molecule has 0 fully saturated rings. The molecule has 0 bridgehead atoms. The van der Waals surface area contributed by atoms with Gasteiger partial charge in [-0.3, -0.25) is 14.4 Å². The summed E-state index contributed by atoms with van der Waals surface area (Å²) in [6.07, 6.45) is 2.39. The van der Waals surface area contributed by atoms with Gasteiger partial charge in [0.25, 0.3) is 0 Å². The fraction of sp³-hybridized carbons (Fsp3) is 0.583. The molecule has 0 rings (SSSR count). The van der Waals surface area contributed by atoms with Crippen LogP contribution in [-0.4, -0.2) is 31.9 Å². The van der Waals surface area contributed by atoms with E-state index in [2.05, 4.69) is 9.47 Å². The number of carbonyl (C=O) groups excluding carboxylic acids is 3. The molecule has 0 atom stereocenters. The van der Waals surface area contributed by atoms with E-state index in [1.54, 1.807) is 6.92 Å². The number of ether oxygens (including phenoxy) is 2. The molecule has 0 saturated heterocycles. The zero-order valence-electron chi connectivity index (χ0n) is 10.4. The number of allylic oxidation sites excluding steroid dienone is 2. The van der Waals surface area contributed by atoms with Gasteiger partial charge in [-0.1, -0.05) is 5.57 Å². The second-order valence-corrected chi connectivity index (χ2v) is 3.61. The Morgan fingerprint density at radius 1 is 0.882 bits per heavy atom. The van der Waals surface area contributed by atoms with Crippen molar-refractivity contribution in [1.29, 1.82) is 0 Å². The van der Waals surface area contributed by atoms with Crippen LogP contribution in [0.25, 0.3) is 0 Å². The Morgan fingerprint density at radius 3 is 1.82 bits per heavy atom. The SMILES string of the molecule is COC(=O)CCC(=O)/C=C(/C)CCC(=O)OC. The van der Waals surface area contributed by atoms with Gasteiger partial charge in [0.05, 0.1) is 20.6 Å². The van der Waals surface area contributed by atoms with E-state index in [4.69, 9.17) is 0 Å². The highest BCUT2D eigenvalue weighted by molar-refractivity contribution is 5.92. The van der Waals surface area contributed by atoms with Crippen molar-refractivity contribution in [2.75, 3.05) is 14.2 Å². The fourth-order valence-corrected chi connectivity index (χ4v) is 1.15. The number of rotatable bonds is 7. The summed E-state index contributed by atoms with van der Waals surface area (Å²) in [6, 6.07) is 0. The van der Waals surface area contributed by atoms with Crippen molar-refractivity contribution in [3.63, 3.8) is 0 Å². The summed E-state index contributed by atoms with van der Waals surface area (Å²) >= 11 is 0. The van der Waals surface area contributed by atoms with Gasteiger partial charge >= 0.3 is 11.9 Å². The first-order chi connectivity index (χ1) is 7.99. The minimum absolute atomic E-state index is 0.0795. The maximum atomic E-state index is 11.4. The second kappa shape index (κ2) is 8.50. The van der Waals surface area contributed by atoms with Crippen molar-refractivity contribution in [2.24, 2.45) is 0 Å². The Morgan fingerprint density at radius 2 is 1.35 bits per heavy atom. The van der Waals surface area contributed by atoms with Crippen molar-refractivity contribution in [1.82, 2.24) is 0 Å². The summed E-state index contributed by atoms with van der Waals surface area (Å²) in [5, 5.41) is 0. The van der Waals surface area contributed by atoms with Crippen molar-refractivity contribution >= 4 is 17.7 Å². The number of hydrogen-bond donors (Lipinski definition) is 0. The van der Waals surface area contributed by atoms with Gasteiger partial charge in [0.1, 0.15) is 0 Å². The molecule has 0 aromatic heterocycles. The Hall–Kier alpha value is -1.65. The molecule has 0 aliphatic heterocycles. The minimum Gasteiger partial charge on any atom is -0.469 e. The largest absolute Gasteiger partial charge is 0.469 e. The lowest BCUT2D eigenvalue weighted by Gasteiger charge is -2.00. The van der Waals surface area contributed by atoms with Gasteiger partial charge in [-0.2, -0.15) is 0 Å². The first-order valence-electron chi connectivity index (χ1n) is 5.33. The summed E-state index contributed by atoms with van der Waals surface area (Å²) in [5.41, 5.74) is 0.797. The van der Waals surface area contributed by atoms with E-state index in [-0.39, 0.29) is 31.0 Å². The number of ketones is 1. The molecular formula is C12H18O5. The summed E-state index contributed by atoms with van der Waals surface area (Å²) in [4.78, 5) is 33.0. The zero-order valence-corrected chi connectivity index (χ0v) is 10.4. The van der Waals surface area contributed by atoms with Crippen LogP contribution in [-0.2, 0) is 23.9 Å². The average molecular weight is 242 g/mol. The number of esters is 2. The summed E-state index contributed by atoms with van der Waals surface area (Å²) in [6.45, 7) is 1.76. The Labute approximate surface area is 101 Å². The van der Waals surface area contributed by atoms with E-state index in [9.17, 15) is 14.4 Å². The molecule has 0 heterocycles. The topological polar surface area (TPSA) is 69.7 Å². The van der Waals surface area contributed by atoms with Gasteiger partial charge in [-0.05, 0) is 19.4 Å². The number of methoxy groups -OCH3 is 2. The maximum absolute atomic E-state index is 11.4. The molecule has 5 heteroatoms. The van der Waals surface area contributed by atoms with Crippen molar-refractivity contribution in [2.45, 2.75) is 32.6 Å². The van der Waals surface area contributed by atoms with E-state index in [0.717, 1.165) is 5.57 Å². The molecule has 0 amide bonds. The quantitative estimate of drug-likeness (QED) is 0.498. The summed E-state index contributed by atoms with van der Waals surface area (Å²) < 4.78 is 8.91. The molecule has 0 aromatic rings. The lowest BCUT2D eigenvalue weighted by molar-refractivity contribution is -0.141. The monoisotopic (exact) mass is 242 g/mol. The molecule has 0 saturated carbocycles. The summed E-state index contributed by atoms with van der Waals surface area (Å²) in [7, 11) is 2.60. The van der Waals surface area contributed by atoms with Crippen LogP contribution in [0.5, 0.6) is 0 Å². The van der Waals surface area contributed by atoms with Crippen LogP contribution < -0.4 is 0 Å². The Bertz CT molecular complexity index is 317. The van der Waals surface area contributed by atoms with E-state index in [1.807, 2.05) is 0 Å². The van der Waals surface area contributed by atoms with Crippen LogP contribution in [0, 0.1) is 0 Å². The standard InChI is InChI=1S/C12H18O5/c1-9(4-6-11(14)16-2)8-10(13)5-7-12(15)17-3/h8H,4-7H2,1-3H3/b9-8-. The molecule has 0 aliphatic rings. The molecule has 96 valence electrons. The molecule has 17 heavy (non-hydrogen) atoms. The normalized spacial score (nSPS) is 10.9. The van der Waals surface area contributed by atoms with Gasteiger partial charge in [-0.25, -0.2) is 0 Å². The van der Waals surface area contributed by atoms with Crippen LogP contribution >= 0.6 is 0 Å². The zero-order chi connectivity index (χ0) is 13.3. The Kier molecular flexibility index (Phi) is 7.67. The lowest BCUT2D eigenvalue weighted by atomic mass is 10.1. The maximum Gasteiger partial charge on any atom is 0.305 e. The van der Waals surface area contributed by atoms with Crippen LogP contribution in [0.1, 0.15) is 32.6 Å². The molecule has 0 radical (unpaired) electrons. The van der Waals surface area contributed by atoms with E-state index < -0.39 is 5.97 Å². The number of hydrogen-bond acceptors (Lipinski definition) is 5. The molecular weight excluding hydrogens is 224 g/mol. The second-order valence-electron chi connectivity index (χ2n) is 3.61. The van der Waals surface area contributed by atoms with Crippen LogP contribution in [0.4, 0.5) is 0 Å². The van der Waals surface area contributed by atoms with Crippen LogP contribution in [0.2, 0.25) is 0 Å². The molecule has 0 aromatic carbocycles. The third-order valence-electron chi connectivity index (χ3n) is 2.16. The third-order valence-corrected chi connectivity index (χ3v) is 2.16. The molecule has 0 spiro atoms. The van der Waals surface area contributed by atoms with Gasteiger partial charge in [0, 0.05) is 12.8 Å². The first kappa shape index (κ1) is 15.3. The van der Waals surface area contributed by atoms with Crippen molar-refractivity contribution in [3.05, 3.63) is 11.6 Å². The molecule has 0 aliphatic carbocycles. The molecule has 0 N–H and O–H groups in total. The third kappa shape index (κ3) is 8.19. The highest BCUT2D eigenvalue weighted by Crippen LogP contribution is 2.06. The van der Waals surface area contributed by atoms with Crippen molar-refractivity contribution in [3.8, 4) is 0 Å². The predicted octanol–water partition coefficient (Wildman–Crippen LogP) is 1.41. The van der Waals surface area contributed by atoms with Crippen LogP contribution in [0.3, 0.4) is 0 Å². The fourth-order valence-electron chi connectivity index (χ4n) is 1.15. The summed E-state index contributed by atoms with van der Waals surface area (Å²) in [5.74, 6) is -0.850. The van der Waals surface area contributed by atoms with Gasteiger partial charge in [0.15, 0.2) is 5.78 Å². The van der Waals surface area contributed by atoms with Crippen molar-refractivity contribution < 1.29 is 23.9 Å². The number of carbonyl (C=O) groups is 3. The van der Waals surface area contributed by atoms with E-state index in [1.165, 1.54) is 20.3 Å². The van der Waals surface area contributed by atoms with Gasteiger partial charge in [-0.15, -0.1) is 0 Å².